The van der Waals surface area contributed by atoms with Crippen LogP contribution in [0, 0.1) is 5.82 Å². The summed E-state index contributed by atoms with van der Waals surface area (Å²) >= 11 is 1.55. The number of amides is 1. The molecular weight excluding hydrogens is 403 g/mol. The van der Waals surface area contributed by atoms with Crippen LogP contribution in [0.25, 0.3) is 0 Å². The van der Waals surface area contributed by atoms with Gasteiger partial charge < -0.3 is 14.8 Å². The first-order valence-corrected chi connectivity index (χ1v) is 10.4. The van der Waals surface area contributed by atoms with Crippen LogP contribution in [0.2, 0.25) is 0 Å². The maximum atomic E-state index is 13.3. The quantitative estimate of drug-likeness (QED) is 0.554. The Kier molecular flexibility index (Phi) is 7.43. The highest BCUT2D eigenvalue weighted by atomic mass is 32.1. The van der Waals surface area contributed by atoms with E-state index in [2.05, 4.69) is 5.32 Å². The first-order chi connectivity index (χ1) is 14.5. The zero-order valence-corrected chi connectivity index (χ0v) is 18.0. The van der Waals surface area contributed by atoms with Crippen molar-refractivity contribution in [3.8, 4) is 11.5 Å². The third kappa shape index (κ3) is 5.58. The van der Waals surface area contributed by atoms with Crippen LogP contribution < -0.4 is 14.8 Å². The Balaban J connectivity index is 1.67. The zero-order valence-electron chi connectivity index (χ0n) is 17.2. The summed E-state index contributed by atoms with van der Waals surface area (Å²) in [6.45, 7) is 0.749. The number of nitrogens with zero attached hydrogens (tertiary/aromatic N) is 1. The topological polar surface area (TPSA) is 50.8 Å². The van der Waals surface area contributed by atoms with Crippen molar-refractivity contribution in [3.63, 3.8) is 0 Å². The summed E-state index contributed by atoms with van der Waals surface area (Å²) in [5.74, 6) is 1.01. The summed E-state index contributed by atoms with van der Waals surface area (Å²) in [7, 11) is 5.09. The van der Waals surface area contributed by atoms with Gasteiger partial charge in [0.05, 0.1) is 26.8 Å². The number of hydrogen-bond donors (Lipinski definition) is 1. The molecule has 0 saturated heterocycles. The fraction of sp³-hybridized carbons (Fsp3) is 0.261. The Morgan fingerprint density at radius 2 is 1.90 bits per heavy atom. The molecule has 0 fully saturated rings. The predicted molar refractivity (Wildman–Crippen MR) is 117 cm³/mol. The van der Waals surface area contributed by atoms with E-state index in [1.54, 1.807) is 37.7 Å². The molecule has 0 spiro atoms. The lowest BCUT2D eigenvalue weighted by molar-refractivity contribution is -0.122. The summed E-state index contributed by atoms with van der Waals surface area (Å²) in [6.07, 6.45) is 0. The number of rotatable bonds is 9. The van der Waals surface area contributed by atoms with Gasteiger partial charge in [0.25, 0.3) is 0 Å². The third-order valence-corrected chi connectivity index (χ3v) is 5.62. The molecule has 1 atom stereocenters. The first-order valence-electron chi connectivity index (χ1n) is 9.48. The molecule has 3 rings (SSSR count). The van der Waals surface area contributed by atoms with Crippen molar-refractivity contribution in [2.75, 3.05) is 27.8 Å². The lowest BCUT2D eigenvalue weighted by atomic mass is 10.1. The number of carbonyl (C=O) groups is 1. The molecule has 0 aliphatic heterocycles. The molecule has 3 aromatic rings. The van der Waals surface area contributed by atoms with E-state index in [9.17, 15) is 9.18 Å². The Bertz CT molecular complexity index is 961. The minimum atomic E-state index is -0.318. The third-order valence-electron chi connectivity index (χ3n) is 4.68. The smallest absolute Gasteiger partial charge is 0.234 e. The Hall–Kier alpha value is -2.90. The van der Waals surface area contributed by atoms with Crippen LogP contribution in [0.3, 0.4) is 0 Å². The molecule has 5 nitrogen and oxygen atoms in total. The summed E-state index contributed by atoms with van der Waals surface area (Å²) in [4.78, 5) is 15.7. The average molecular weight is 429 g/mol. The van der Waals surface area contributed by atoms with Gasteiger partial charge in [-0.05, 0) is 42.3 Å². The fourth-order valence-electron chi connectivity index (χ4n) is 3.21. The van der Waals surface area contributed by atoms with E-state index in [-0.39, 0.29) is 24.3 Å². The van der Waals surface area contributed by atoms with Crippen molar-refractivity contribution in [1.29, 1.82) is 0 Å². The maximum Gasteiger partial charge on any atom is 0.234 e. The highest BCUT2D eigenvalue weighted by Gasteiger charge is 2.19. The molecule has 0 bridgehead atoms. The Labute approximate surface area is 180 Å². The SMILES string of the molecule is COc1ccc(CN(C)CC(=O)NC(c2ccc(F)cc2)c2cccs2)c(OC)c1. The average Bonchev–Trinajstić information content (AvgIpc) is 3.27. The highest BCUT2D eigenvalue weighted by molar-refractivity contribution is 7.10. The number of hydrogen-bond acceptors (Lipinski definition) is 5. The summed E-state index contributed by atoms with van der Waals surface area (Å²) in [6, 6.07) is 15.4. The van der Waals surface area contributed by atoms with E-state index in [4.69, 9.17) is 9.47 Å². The molecule has 0 radical (unpaired) electrons. The van der Waals surface area contributed by atoms with Gasteiger partial charge in [0.2, 0.25) is 5.91 Å². The molecule has 0 saturated carbocycles. The van der Waals surface area contributed by atoms with Crippen LogP contribution in [0.15, 0.2) is 60.0 Å². The van der Waals surface area contributed by atoms with Crippen molar-refractivity contribution < 1.29 is 18.7 Å². The standard InChI is InChI=1S/C23H25FN2O3S/c1-26(14-17-8-11-19(28-2)13-20(17)29-3)15-22(27)25-23(21-5-4-12-30-21)16-6-9-18(24)10-7-16/h4-13,23H,14-15H2,1-3H3,(H,25,27). The largest absolute Gasteiger partial charge is 0.497 e. The molecule has 1 N–H and O–H groups in total. The van der Waals surface area contributed by atoms with E-state index in [1.807, 2.05) is 47.7 Å². The Morgan fingerprint density at radius 1 is 1.13 bits per heavy atom. The molecular formula is C23H25FN2O3S. The number of benzene rings is 2. The van der Waals surface area contributed by atoms with Crippen LogP contribution in [0.1, 0.15) is 22.0 Å². The van der Waals surface area contributed by atoms with Gasteiger partial charge in [-0.15, -0.1) is 11.3 Å². The molecule has 1 amide bonds. The minimum Gasteiger partial charge on any atom is -0.497 e. The van der Waals surface area contributed by atoms with Gasteiger partial charge in [-0.3, -0.25) is 9.69 Å². The van der Waals surface area contributed by atoms with Gasteiger partial charge in [-0.25, -0.2) is 4.39 Å². The van der Waals surface area contributed by atoms with Crippen LogP contribution >= 0.6 is 11.3 Å². The van der Waals surface area contributed by atoms with Crippen LogP contribution in [0.5, 0.6) is 11.5 Å². The predicted octanol–water partition coefficient (Wildman–Crippen LogP) is 4.24. The van der Waals surface area contributed by atoms with Gasteiger partial charge in [0.15, 0.2) is 0 Å². The normalized spacial score (nSPS) is 11.9. The lowest BCUT2D eigenvalue weighted by Crippen LogP contribution is -2.37. The fourth-order valence-corrected chi connectivity index (χ4v) is 4.01. The van der Waals surface area contributed by atoms with Crippen LogP contribution in [0.4, 0.5) is 4.39 Å². The molecule has 158 valence electrons. The van der Waals surface area contributed by atoms with Crippen molar-refractivity contribution in [2.24, 2.45) is 0 Å². The van der Waals surface area contributed by atoms with Gasteiger partial charge >= 0.3 is 0 Å². The number of likely N-dealkylation sites (N-methyl/N-ethyl adjacent to an activating group) is 1. The van der Waals surface area contributed by atoms with E-state index in [0.29, 0.717) is 18.0 Å². The molecule has 7 heteroatoms. The summed E-state index contributed by atoms with van der Waals surface area (Å²) in [5.41, 5.74) is 1.80. The molecule has 30 heavy (non-hydrogen) atoms. The second kappa shape index (κ2) is 10.2. The summed E-state index contributed by atoms with van der Waals surface area (Å²) < 4.78 is 24.0. The highest BCUT2D eigenvalue weighted by Crippen LogP contribution is 2.27. The van der Waals surface area contributed by atoms with Gasteiger partial charge in [0, 0.05) is 23.1 Å². The monoisotopic (exact) mass is 428 g/mol. The second-order valence-corrected chi connectivity index (χ2v) is 7.90. The first kappa shape index (κ1) is 21.8. The van der Waals surface area contributed by atoms with Crippen molar-refractivity contribution >= 4 is 17.2 Å². The number of nitrogens with one attached hydrogen (secondary N) is 1. The number of ether oxygens (including phenoxy) is 2. The molecule has 0 aliphatic carbocycles. The number of thiophene rings is 1. The van der Waals surface area contributed by atoms with Crippen LogP contribution in [-0.4, -0.2) is 38.6 Å². The van der Waals surface area contributed by atoms with Crippen molar-refractivity contribution in [1.82, 2.24) is 10.2 Å². The second-order valence-electron chi connectivity index (χ2n) is 6.92. The van der Waals surface area contributed by atoms with Gasteiger partial charge in [0.1, 0.15) is 17.3 Å². The molecule has 0 aliphatic rings. The van der Waals surface area contributed by atoms with Gasteiger partial charge in [-0.1, -0.05) is 24.3 Å². The number of carbonyl (C=O) groups excluding carboxylic acids is 1. The molecule has 1 aromatic heterocycles. The van der Waals surface area contributed by atoms with E-state index >= 15 is 0 Å². The number of halogens is 1. The van der Waals surface area contributed by atoms with Crippen LogP contribution in [-0.2, 0) is 11.3 Å². The van der Waals surface area contributed by atoms with Crippen molar-refractivity contribution in [2.45, 2.75) is 12.6 Å². The van der Waals surface area contributed by atoms with E-state index in [1.165, 1.54) is 12.1 Å². The zero-order chi connectivity index (χ0) is 21.5. The van der Waals surface area contributed by atoms with E-state index < -0.39 is 0 Å². The number of methoxy groups -OCH3 is 2. The summed E-state index contributed by atoms with van der Waals surface area (Å²) in [5, 5.41) is 5.03. The molecule has 1 heterocycles. The van der Waals surface area contributed by atoms with E-state index in [0.717, 1.165) is 16.0 Å². The lowest BCUT2D eigenvalue weighted by Gasteiger charge is -2.22. The van der Waals surface area contributed by atoms with Crippen molar-refractivity contribution in [3.05, 3.63) is 81.8 Å². The molecule has 2 aromatic carbocycles. The minimum absolute atomic E-state index is 0.118. The maximum absolute atomic E-state index is 13.3. The molecule has 1 unspecified atom stereocenters. The van der Waals surface area contributed by atoms with Gasteiger partial charge in [-0.2, -0.15) is 0 Å². The Morgan fingerprint density at radius 3 is 2.53 bits per heavy atom.